The highest BCUT2D eigenvalue weighted by atomic mass is 32.2. The molecule has 8 nitrogen and oxygen atoms in total. The van der Waals surface area contributed by atoms with Crippen molar-refractivity contribution in [1.29, 1.82) is 0 Å². The fourth-order valence-electron chi connectivity index (χ4n) is 4.20. The summed E-state index contributed by atoms with van der Waals surface area (Å²) in [5.41, 5.74) is 2.09. The Kier molecular flexibility index (Phi) is 9.91. The monoisotopic (exact) mass is 579 g/mol. The second-order valence-electron chi connectivity index (χ2n) is 9.06. The predicted octanol–water partition coefficient (Wildman–Crippen LogP) is 5.49. The summed E-state index contributed by atoms with van der Waals surface area (Å²) in [7, 11) is 0. The van der Waals surface area contributed by atoms with Crippen LogP contribution in [0.25, 0.3) is 6.08 Å². The summed E-state index contributed by atoms with van der Waals surface area (Å²) in [6.45, 7) is 5.39. The first-order valence-corrected chi connectivity index (χ1v) is 14.0. The maximum Gasteiger partial charge on any atom is 0.285 e. The van der Waals surface area contributed by atoms with Gasteiger partial charge in [0.2, 0.25) is 5.91 Å². The molecule has 0 aliphatic carbocycles. The van der Waals surface area contributed by atoms with Gasteiger partial charge in [0.15, 0.2) is 5.17 Å². The number of amidine groups is 1. The van der Waals surface area contributed by atoms with Crippen molar-refractivity contribution in [2.75, 3.05) is 5.75 Å². The SMILES string of the molecule is C=C/C=C\C(=C/C)N1C(=O)/C(=C/c2ccc(O)cc2O)C(=O)N=C1SCC(=O)NC(c1ccccc1)c1ccccc1. The number of phenols is 2. The van der Waals surface area contributed by atoms with Crippen LogP contribution in [0.15, 0.2) is 126 Å². The molecule has 0 unspecified atom stereocenters. The first-order chi connectivity index (χ1) is 20.3. The molecular weight excluding hydrogens is 550 g/mol. The molecule has 0 saturated carbocycles. The molecule has 1 heterocycles. The van der Waals surface area contributed by atoms with Crippen molar-refractivity contribution in [2.24, 2.45) is 4.99 Å². The lowest BCUT2D eigenvalue weighted by Gasteiger charge is -2.28. The quantitative estimate of drug-likeness (QED) is 0.175. The predicted molar refractivity (Wildman–Crippen MR) is 165 cm³/mol. The van der Waals surface area contributed by atoms with Crippen LogP contribution in [0.5, 0.6) is 11.5 Å². The Morgan fingerprint density at radius 2 is 1.67 bits per heavy atom. The van der Waals surface area contributed by atoms with Gasteiger partial charge in [0.25, 0.3) is 11.8 Å². The zero-order chi connectivity index (χ0) is 30.1. The largest absolute Gasteiger partial charge is 0.508 e. The van der Waals surface area contributed by atoms with E-state index in [1.165, 1.54) is 23.1 Å². The van der Waals surface area contributed by atoms with E-state index >= 15 is 0 Å². The number of aromatic hydroxyl groups is 2. The first kappa shape index (κ1) is 29.8. The molecule has 4 rings (SSSR count). The van der Waals surface area contributed by atoms with Gasteiger partial charge in [-0.05, 0) is 42.3 Å². The molecular formula is C33H29N3O5S. The molecule has 0 radical (unpaired) electrons. The number of nitrogens with one attached hydrogen (secondary N) is 1. The molecule has 3 aromatic carbocycles. The van der Waals surface area contributed by atoms with E-state index < -0.39 is 17.9 Å². The summed E-state index contributed by atoms with van der Waals surface area (Å²) in [5.74, 6) is -2.41. The lowest BCUT2D eigenvalue weighted by molar-refractivity contribution is -0.126. The van der Waals surface area contributed by atoms with Gasteiger partial charge in [0.1, 0.15) is 17.1 Å². The van der Waals surface area contributed by atoms with E-state index in [0.29, 0.717) is 5.70 Å². The number of hydrogen-bond acceptors (Lipinski definition) is 6. The van der Waals surface area contributed by atoms with E-state index in [1.807, 2.05) is 60.7 Å². The van der Waals surface area contributed by atoms with Gasteiger partial charge in [0, 0.05) is 17.3 Å². The minimum atomic E-state index is -0.818. The Labute approximate surface area is 248 Å². The number of hydrogen-bond donors (Lipinski definition) is 3. The Bertz CT molecular complexity index is 1570. The number of carbonyl (C=O) groups is 3. The molecule has 0 spiro atoms. The molecule has 1 aliphatic rings. The molecule has 9 heteroatoms. The Balaban J connectivity index is 1.62. The number of rotatable bonds is 9. The summed E-state index contributed by atoms with van der Waals surface area (Å²) >= 11 is 0.956. The zero-order valence-corrected chi connectivity index (χ0v) is 23.6. The highest BCUT2D eigenvalue weighted by Gasteiger charge is 2.35. The fourth-order valence-corrected chi connectivity index (χ4v) is 5.01. The van der Waals surface area contributed by atoms with E-state index in [0.717, 1.165) is 29.0 Å². The van der Waals surface area contributed by atoms with Gasteiger partial charge in [-0.25, -0.2) is 0 Å². The van der Waals surface area contributed by atoms with Crippen LogP contribution >= 0.6 is 11.8 Å². The third-order valence-electron chi connectivity index (χ3n) is 6.23. The minimum Gasteiger partial charge on any atom is -0.508 e. The lowest BCUT2D eigenvalue weighted by Crippen LogP contribution is -2.42. The van der Waals surface area contributed by atoms with Crippen molar-refractivity contribution in [3.05, 3.63) is 138 Å². The molecule has 42 heavy (non-hydrogen) atoms. The van der Waals surface area contributed by atoms with E-state index in [-0.39, 0.29) is 39.5 Å². The van der Waals surface area contributed by atoms with Crippen molar-refractivity contribution in [1.82, 2.24) is 10.2 Å². The number of allylic oxidation sites excluding steroid dienone is 4. The summed E-state index contributed by atoms with van der Waals surface area (Å²) in [6.07, 6.45) is 7.69. The van der Waals surface area contributed by atoms with Crippen LogP contribution in [0, 0.1) is 0 Å². The molecule has 0 aromatic heterocycles. The highest BCUT2D eigenvalue weighted by molar-refractivity contribution is 8.14. The van der Waals surface area contributed by atoms with Crippen LogP contribution in [0.1, 0.15) is 29.7 Å². The third kappa shape index (κ3) is 7.13. The number of amides is 3. The second-order valence-corrected chi connectivity index (χ2v) is 10.0. The summed E-state index contributed by atoms with van der Waals surface area (Å²) in [6, 6.07) is 22.5. The lowest BCUT2D eigenvalue weighted by atomic mass is 9.99. The van der Waals surface area contributed by atoms with E-state index in [2.05, 4.69) is 16.9 Å². The van der Waals surface area contributed by atoms with Crippen LogP contribution in [0.4, 0.5) is 0 Å². The van der Waals surface area contributed by atoms with Crippen LogP contribution < -0.4 is 5.32 Å². The van der Waals surface area contributed by atoms with Crippen LogP contribution in [-0.4, -0.2) is 43.8 Å². The molecule has 3 N–H and O–H groups in total. The number of carbonyl (C=O) groups excluding carboxylic acids is 3. The molecule has 3 aromatic rings. The molecule has 212 valence electrons. The average molecular weight is 580 g/mol. The van der Waals surface area contributed by atoms with E-state index in [9.17, 15) is 24.6 Å². The van der Waals surface area contributed by atoms with Crippen molar-refractivity contribution in [3.8, 4) is 11.5 Å². The zero-order valence-electron chi connectivity index (χ0n) is 22.8. The third-order valence-corrected chi connectivity index (χ3v) is 7.17. The van der Waals surface area contributed by atoms with Gasteiger partial charge in [-0.3, -0.25) is 19.3 Å². The first-order valence-electron chi connectivity index (χ1n) is 13.0. The molecule has 0 fully saturated rings. The van der Waals surface area contributed by atoms with E-state index in [1.54, 1.807) is 31.2 Å². The van der Waals surface area contributed by atoms with Gasteiger partial charge in [0.05, 0.1) is 11.8 Å². The van der Waals surface area contributed by atoms with Gasteiger partial charge in [-0.15, -0.1) is 0 Å². The van der Waals surface area contributed by atoms with Gasteiger partial charge >= 0.3 is 0 Å². The number of benzene rings is 3. The Morgan fingerprint density at radius 1 is 1.02 bits per heavy atom. The molecule has 3 amide bonds. The molecule has 1 aliphatic heterocycles. The fraction of sp³-hybridized carbons (Fsp3) is 0.0909. The number of thioether (sulfide) groups is 1. The second kappa shape index (κ2) is 14.0. The van der Waals surface area contributed by atoms with Crippen molar-refractivity contribution in [3.63, 3.8) is 0 Å². The van der Waals surface area contributed by atoms with Crippen LogP contribution in [-0.2, 0) is 14.4 Å². The Morgan fingerprint density at radius 3 is 2.24 bits per heavy atom. The number of nitrogens with zero attached hydrogens (tertiary/aromatic N) is 2. The number of aliphatic imine (C=N–C) groups is 1. The van der Waals surface area contributed by atoms with Gasteiger partial charge < -0.3 is 15.5 Å². The van der Waals surface area contributed by atoms with Gasteiger partial charge in [-0.1, -0.05) is 97.2 Å². The number of phenolic OH excluding ortho intramolecular Hbond substituents is 2. The summed E-state index contributed by atoms with van der Waals surface area (Å²) in [4.78, 5) is 45.4. The van der Waals surface area contributed by atoms with Crippen molar-refractivity contribution in [2.45, 2.75) is 13.0 Å². The normalized spacial score (nSPS) is 14.9. The summed E-state index contributed by atoms with van der Waals surface area (Å²) in [5, 5.41) is 22.9. The van der Waals surface area contributed by atoms with Crippen molar-refractivity contribution < 1.29 is 24.6 Å². The Hall–Kier alpha value is -5.15. The van der Waals surface area contributed by atoms with Gasteiger partial charge in [-0.2, -0.15) is 4.99 Å². The van der Waals surface area contributed by atoms with Crippen LogP contribution in [0.2, 0.25) is 0 Å². The maximum absolute atomic E-state index is 13.7. The van der Waals surface area contributed by atoms with Crippen molar-refractivity contribution >= 4 is 40.7 Å². The highest BCUT2D eigenvalue weighted by Crippen LogP contribution is 2.30. The molecule has 0 atom stereocenters. The smallest absolute Gasteiger partial charge is 0.285 e. The molecule has 0 bridgehead atoms. The molecule has 0 saturated heterocycles. The topological polar surface area (TPSA) is 119 Å². The van der Waals surface area contributed by atoms with E-state index in [4.69, 9.17) is 0 Å². The van der Waals surface area contributed by atoms with Crippen LogP contribution in [0.3, 0.4) is 0 Å². The summed E-state index contributed by atoms with van der Waals surface area (Å²) < 4.78 is 0. The maximum atomic E-state index is 13.7. The minimum absolute atomic E-state index is 0.0324. The standard InChI is InChI=1S/C33H29N3O5S/c1-3-5-16-25(4-2)36-32(41)27(19-24-17-18-26(37)20-28(24)38)31(40)35-33(36)42-21-29(39)34-30(22-12-8-6-9-13-22)23-14-10-7-11-15-23/h3-20,30,37-38H,1,21H2,2H3,(H,34,39)/b16-5-,25-4+,27-19+. The average Bonchev–Trinajstić information content (AvgIpc) is 3.00.